The van der Waals surface area contributed by atoms with Gasteiger partial charge in [-0.3, -0.25) is 4.79 Å². The van der Waals surface area contributed by atoms with Gasteiger partial charge in [-0.15, -0.1) is 10.2 Å². The van der Waals surface area contributed by atoms with Gasteiger partial charge in [-0.1, -0.05) is 41.0 Å². The molecule has 0 aliphatic heterocycles. The largest absolute Gasteiger partial charge is 0.349 e. The van der Waals surface area contributed by atoms with Crippen molar-refractivity contribution in [1.29, 1.82) is 0 Å². The summed E-state index contributed by atoms with van der Waals surface area (Å²) in [5.41, 5.74) is 0.917. The maximum atomic E-state index is 12.3. The number of carbonyl (C=O) groups excluding carboxylic acids is 1. The summed E-state index contributed by atoms with van der Waals surface area (Å²) in [5.74, 6) is 1.84. The molecule has 1 aliphatic carbocycles. The van der Waals surface area contributed by atoms with E-state index in [1.165, 1.54) is 24.6 Å². The van der Waals surface area contributed by atoms with Gasteiger partial charge in [0.25, 0.3) is 0 Å². The fraction of sp³-hybridized carbons (Fsp3) is 0.471. The molecule has 1 aromatic heterocycles. The Labute approximate surface area is 161 Å². The van der Waals surface area contributed by atoms with Crippen molar-refractivity contribution >= 4 is 40.9 Å². The van der Waals surface area contributed by atoms with E-state index in [4.69, 9.17) is 23.2 Å². The second kappa shape index (κ2) is 7.98. The third kappa shape index (κ3) is 4.49. The zero-order valence-electron chi connectivity index (χ0n) is 14.1. The molecule has 2 aromatic rings. The van der Waals surface area contributed by atoms with Crippen LogP contribution in [0.5, 0.6) is 0 Å². The first-order chi connectivity index (χ1) is 12.0. The maximum Gasteiger partial charge on any atom is 0.230 e. The standard InChI is InChI=1S/C17H20Cl2N4OS/c1-3-23-16(11-4-5-11)21-22-17(23)25-9-15(24)20-10(2)12-6-7-13(18)14(19)8-12/h6-8,10-11H,3-5,9H2,1-2H3,(H,20,24)/t10-/m0/s1. The number of hydrogen-bond donors (Lipinski definition) is 1. The first-order valence-corrected chi connectivity index (χ1v) is 10.0. The maximum absolute atomic E-state index is 12.3. The molecule has 1 heterocycles. The molecule has 0 radical (unpaired) electrons. The molecule has 1 saturated carbocycles. The summed E-state index contributed by atoms with van der Waals surface area (Å²) >= 11 is 13.4. The van der Waals surface area contributed by atoms with Crippen molar-refractivity contribution in [3.63, 3.8) is 0 Å². The molecule has 1 aliphatic rings. The molecule has 0 spiro atoms. The average Bonchev–Trinajstić information content (AvgIpc) is 3.35. The fourth-order valence-electron chi connectivity index (χ4n) is 2.63. The summed E-state index contributed by atoms with van der Waals surface area (Å²) in [6.45, 7) is 4.82. The van der Waals surface area contributed by atoms with Crippen molar-refractivity contribution in [2.45, 2.75) is 50.4 Å². The monoisotopic (exact) mass is 398 g/mol. The molecule has 1 aromatic carbocycles. The number of rotatable bonds is 7. The van der Waals surface area contributed by atoms with E-state index in [0.29, 0.717) is 21.7 Å². The lowest BCUT2D eigenvalue weighted by atomic mass is 10.1. The Morgan fingerprint density at radius 2 is 2.12 bits per heavy atom. The van der Waals surface area contributed by atoms with E-state index < -0.39 is 0 Å². The number of thioether (sulfide) groups is 1. The molecule has 3 rings (SSSR count). The summed E-state index contributed by atoms with van der Waals surface area (Å²) in [4.78, 5) is 12.3. The molecule has 134 valence electrons. The van der Waals surface area contributed by atoms with Crippen molar-refractivity contribution in [3.05, 3.63) is 39.6 Å². The molecule has 1 amide bonds. The Hall–Kier alpha value is -1.24. The number of benzene rings is 1. The Bertz CT molecular complexity index is 776. The van der Waals surface area contributed by atoms with Gasteiger partial charge in [-0.2, -0.15) is 0 Å². The highest BCUT2D eigenvalue weighted by molar-refractivity contribution is 7.99. The average molecular weight is 399 g/mol. The minimum absolute atomic E-state index is 0.0535. The van der Waals surface area contributed by atoms with E-state index in [-0.39, 0.29) is 11.9 Å². The van der Waals surface area contributed by atoms with Gasteiger partial charge in [0.05, 0.1) is 21.8 Å². The summed E-state index contributed by atoms with van der Waals surface area (Å²) in [7, 11) is 0. The lowest BCUT2D eigenvalue weighted by Crippen LogP contribution is -2.28. The first kappa shape index (κ1) is 18.5. The Morgan fingerprint density at radius 3 is 2.76 bits per heavy atom. The van der Waals surface area contributed by atoms with E-state index in [1.807, 2.05) is 13.0 Å². The van der Waals surface area contributed by atoms with Crippen LogP contribution in [0.25, 0.3) is 0 Å². The Morgan fingerprint density at radius 1 is 1.36 bits per heavy atom. The molecule has 1 atom stereocenters. The lowest BCUT2D eigenvalue weighted by Gasteiger charge is -2.15. The molecule has 8 heteroatoms. The lowest BCUT2D eigenvalue weighted by molar-refractivity contribution is -0.119. The van der Waals surface area contributed by atoms with Crippen LogP contribution < -0.4 is 5.32 Å². The van der Waals surface area contributed by atoms with E-state index in [2.05, 4.69) is 27.0 Å². The van der Waals surface area contributed by atoms with Crippen LogP contribution in [0, 0.1) is 0 Å². The fourth-order valence-corrected chi connectivity index (χ4v) is 3.75. The van der Waals surface area contributed by atoms with E-state index >= 15 is 0 Å². The molecule has 25 heavy (non-hydrogen) atoms. The van der Waals surface area contributed by atoms with E-state index in [0.717, 1.165) is 23.1 Å². The highest BCUT2D eigenvalue weighted by Gasteiger charge is 2.30. The van der Waals surface area contributed by atoms with Gasteiger partial charge >= 0.3 is 0 Å². The number of aromatic nitrogens is 3. The van der Waals surface area contributed by atoms with Crippen molar-refractivity contribution in [2.24, 2.45) is 0 Å². The predicted octanol–water partition coefficient (Wildman–Crippen LogP) is 4.45. The molecule has 5 nitrogen and oxygen atoms in total. The number of carbonyl (C=O) groups is 1. The van der Waals surface area contributed by atoms with Crippen molar-refractivity contribution < 1.29 is 4.79 Å². The van der Waals surface area contributed by atoms with E-state index in [1.54, 1.807) is 12.1 Å². The highest BCUT2D eigenvalue weighted by atomic mass is 35.5. The molecule has 1 N–H and O–H groups in total. The summed E-state index contributed by atoms with van der Waals surface area (Å²) in [5, 5.41) is 13.3. The third-order valence-corrected chi connectivity index (χ3v) is 5.86. The SMILES string of the molecule is CCn1c(SCC(=O)N[C@@H](C)c2ccc(Cl)c(Cl)c2)nnc1C1CC1. The summed E-state index contributed by atoms with van der Waals surface area (Å²) in [6.07, 6.45) is 2.37. The van der Waals surface area contributed by atoms with Gasteiger partial charge in [0.2, 0.25) is 5.91 Å². The molecular formula is C17H20Cl2N4OS. The van der Waals surface area contributed by atoms with Gasteiger partial charge in [0, 0.05) is 12.5 Å². The molecule has 0 unspecified atom stereocenters. The molecule has 0 saturated heterocycles. The Kier molecular flexibility index (Phi) is 5.92. The highest BCUT2D eigenvalue weighted by Crippen LogP contribution is 2.40. The van der Waals surface area contributed by atoms with Crippen LogP contribution in [0.2, 0.25) is 10.0 Å². The van der Waals surface area contributed by atoms with Crippen LogP contribution in [0.15, 0.2) is 23.4 Å². The van der Waals surface area contributed by atoms with Crippen molar-refractivity contribution in [2.75, 3.05) is 5.75 Å². The van der Waals surface area contributed by atoms with Gasteiger partial charge < -0.3 is 9.88 Å². The van der Waals surface area contributed by atoms with Gasteiger partial charge in [-0.05, 0) is 44.4 Å². The number of halogens is 2. The van der Waals surface area contributed by atoms with Crippen LogP contribution in [-0.4, -0.2) is 26.4 Å². The Balaban J connectivity index is 1.56. The minimum atomic E-state index is -0.145. The van der Waals surface area contributed by atoms with Crippen LogP contribution in [-0.2, 0) is 11.3 Å². The second-order valence-corrected chi connectivity index (χ2v) is 7.87. The molecule has 0 bridgehead atoms. The third-order valence-electron chi connectivity index (χ3n) is 4.16. The number of hydrogen-bond acceptors (Lipinski definition) is 4. The van der Waals surface area contributed by atoms with Gasteiger partial charge in [0.1, 0.15) is 5.82 Å². The second-order valence-electron chi connectivity index (χ2n) is 6.11. The topological polar surface area (TPSA) is 59.8 Å². The van der Waals surface area contributed by atoms with Gasteiger partial charge in [0.15, 0.2) is 5.16 Å². The van der Waals surface area contributed by atoms with E-state index in [9.17, 15) is 4.79 Å². The zero-order valence-corrected chi connectivity index (χ0v) is 16.5. The number of nitrogens with zero attached hydrogens (tertiary/aromatic N) is 3. The quantitative estimate of drug-likeness (QED) is 0.699. The van der Waals surface area contributed by atoms with Crippen LogP contribution in [0.4, 0.5) is 0 Å². The van der Waals surface area contributed by atoms with Crippen LogP contribution >= 0.6 is 35.0 Å². The van der Waals surface area contributed by atoms with Crippen molar-refractivity contribution in [3.8, 4) is 0 Å². The molecule has 1 fully saturated rings. The predicted molar refractivity (Wildman–Crippen MR) is 101 cm³/mol. The molecular weight excluding hydrogens is 379 g/mol. The summed E-state index contributed by atoms with van der Waals surface area (Å²) in [6, 6.07) is 5.23. The zero-order chi connectivity index (χ0) is 18.0. The van der Waals surface area contributed by atoms with Crippen molar-refractivity contribution in [1.82, 2.24) is 20.1 Å². The van der Waals surface area contributed by atoms with Crippen LogP contribution in [0.3, 0.4) is 0 Å². The number of nitrogens with one attached hydrogen (secondary N) is 1. The summed E-state index contributed by atoms with van der Waals surface area (Å²) < 4.78 is 2.11. The minimum Gasteiger partial charge on any atom is -0.349 e. The number of amides is 1. The normalized spacial score (nSPS) is 15.2. The first-order valence-electron chi connectivity index (χ1n) is 8.29. The van der Waals surface area contributed by atoms with Gasteiger partial charge in [-0.25, -0.2) is 0 Å². The van der Waals surface area contributed by atoms with Crippen LogP contribution in [0.1, 0.15) is 50.0 Å². The smallest absolute Gasteiger partial charge is 0.230 e.